The molecule has 0 N–H and O–H groups in total. The Balaban J connectivity index is 1.82. The highest BCUT2D eigenvalue weighted by atomic mass is 16.2. The molecule has 0 fully saturated rings. The van der Waals surface area contributed by atoms with Crippen LogP contribution >= 0.6 is 0 Å². The van der Waals surface area contributed by atoms with Crippen molar-refractivity contribution in [1.29, 1.82) is 0 Å². The maximum Gasteiger partial charge on any atom is 0.332 e. The van der Waals surface area contributed by atoms with Gasteiger partial charge in [-0.15, -0.1) is 0 Å². The summed E-state index contributed by atoms with van der Waals surface area (Å²) >= 11 is 0. The van der Waals surface area contributed by atoms with Gasteiger partial charge in [0, 0.05) is 13.6 Å². The SMILES string of the molecule is C=C(C)CN1N=C(C)Cn2c1nc1c2c(=O)n(CC=Cc2ccccc2)c(=O)n1C. The molecule has 0 aliphatic carbocycles. The van der Waals surface area contributed by atoms with Gasteiger partial charge in [0.15, 0.2) is 11.2 Å². The molecule has 4 rings (SSSR count). The Morgan fingerprint density at radius 3 is 2.67 bits per heavy atom. The first-order valence-electron chi connectivity index (χ1n) is 9.74. The summed E-state index contributed by atoms with van der Waals surface area (Å²) in [6.07, 6.45) is 3.71. The molecule has 1 aliphatic rings. The average molecular weight is 404 g/mol. The van der Waals surface area contributed by atoms with Gasteiger partial charge in [-0.2, -0.15) is 10.1 Å². The molecule has 1 aromatic carbocycles. The summed E-state index contributed by atoms with van der Waals surface area (Å²) < 4.78 is 4.49. The van der Waals surface area contributed by atoms with Crippen LogP contribution in [0.2, 0.25) is 0 Å². The molecule has 0 bridgehead atoms. The highest BCUT2D eigenvalue weighted by molar-refractivity contribution is 5.87. The van der Waals surface area contributed by atoms with E-state index in [1.165, 1.54) is 9.13 Å². The molecule has 1 aliphatic heterocycles. The fraction of sp³-hybridized carbons (Fsp3) is 0.273. The molecule has 0 unspecified atom stereocenters. The average Bonchev–Trinajstić information content (AvgIpc) is 3.09. The van der Waals surface area contributed by atoms with E-state index in [0.717, 1.165) is 16.8 Å². The van der Waals surface area contributed by atoms with Gasteiger partial charge < -0.3 is 0 Å². The van der Waals surface area contributed by atoms with E-state index in [-0.39, 0.29) is 12.1 Å². The minimum atomic E-state index is -0.398. The summed E-state index contributed by atoms with van der Waals surface area (Å²) in [5, 5.41) is 6.27. The van der Waals surface area contributed by atoms with Gasteiger partial charge >= 0.3 is 5.69 Å². The lowest BCUT2D eigenvalue weighted by atomic mass is 10.2. The molecular formula is C22H24N6O2. The number of aromatic nitrogens is 4. The second-order valence-corrected chi connectivity index (χ2v) is 7.59. The van der Waals surface area contributed by atoms with E-state index in [4.69, 9.17) is 0 Å². The quantitative estimate of drug-likeness (QED) is 0.612. The standard InChI is InChI=1S/C22H24N6O2/c1-15(2)13-28-21-23-19-18(27(21)14-16(3)24-28)20(29)26(22(30)25(19)4)12-8-11-17-9-6-5-7-10-17/h5-11H,1,12-14H2,2-4H3. The van der Waals surface area contributed by atoms with Gasteiger partial charge in [-0.05, 0) is 19.4 Å². The predicted molar refractivity (Wildman–Crippen MR) is 120 cm³/mol. The van der Waals surface area contributed by atoms with E-state index in [9.17, 15) is 9.59 Å². The minimum Gasteiger partial charge on any atom is -0.297 e. The Bertz CT molecular complexity index is 1310. The second-order valence-electron chi connectivity index (χ2n) is 7.59. The van der Waals surface area contributed by atoms with Gasteiger partial charge in [0.05, 0.1) is 18.8 Å². The Kier molecular flexibility index (Phi) is 4.99. The molecule has 0 amide bonds. The summed E-state index contributed by atoms with van der Waals surface area (Å²) in [5.74, 6) is 0.545. The molecule has 3 heterocycles. The highest BCUT2D eigenvalue weighted by Crippen LogP contribution is 2.24. The number of rotatable bonds is 5. The van der Waals surface area contributed by atoms with Crippen molar-refractivity contribution < 1.29 is 0 Å². The summed E-state index contributed by atoms with van der Waals surface area (Å²) in [5.41, 5.74) is 2.80. The molecule has 2 aromatic heterocycles. The molecule has 0 spiro atoms. The zero-order valence-corrected chi connectivity index (χ0v) is 17.4. The van der Waals surface area contributed by atoms with E-state index < -0.39 is 5.69 Å². The summed E-state index contributed by atoms with van der Waals surface area (Å²) in [4.78, 5) is 30.7. The first kappa shape index (κ1) is 19.6. The van der Waals surface area contributed by atoms with E-state index in [0.29, 0.717) is 30.2 Å². The molecule has 0 saturated heterocycles. The van der Waals surface area contributed by atoms with E-state index in [1.54, 1.807) is 12.1 Å². The number of allylic oxidation sites excluding steroid dienone is 1. The zero-order chi connectivity index (χ0) is 21.4. The Morgan fingerprint density at radius 2 is 1.97 bits per heavy atom. The molecule has 3 aromatic rings. The van der Waals surface area contributed by atoms with Crippen LogP contribution in [0, 0.1) is 0 Å². The Morgan fingerprint density at radius 1 is 1.23 bits per heavy atom. The molecule has 0 atom stereocenters. The van der Waals surface area contributed by atoms with Crippen LogP contribution in [0.3, 0.4) is 0 Å². The number of benzene rings is 1. The van der Waals surface area contributed by atoms with Gasteiger partial charge in [-0.25, -0.2) is 9.80 Å². The summed E-state index contributed by atoms with van der Waals surface area (Å²) in [6.45, 7) is 8.88. The number of fused-ring (bicyclic) bond motifs is 3. The molecule has 0 radical (unpaired) electrons. The van der Waals surface area contributed by atoms with Gasteiger partial charge in [-0.1, -0.05) is 54.6 Å². The molecule has 8 nitrogen and oxygen atoms in total. The number of hydrogen-bond donors (Lipinski definition) is 0. The van der Waals surface area contributed by atoms with Crippen LogP contribution in [0.4, 0.5) is 5.95 Å². The van der Waals surface area contributed by atoms with Crippen LogP contribution in [0.15, 0.2) is 63.3 Å². The largest absolute Gasteiger partial charge is 0.332 e. The number of aryl methyl sites for hydroxylation is 1. The van der Waals surface area contributed by atoms with Crippen molar-refractivity contribution in [2.24, 2.45) is 12.1 Å². The Hall–Kier alpha value is -3.68. The lowest BCUT2D eigenvalue weighted by Gasteiger charge is -2.24. The first-order chi connectivity index (χ1) is 14.4. The molecule has 30 heavy (non-hydrogen) atoms. The highest BCUT2D eigenvalue weighted by Gasteiger charge is 2.26. The fourth-order valence-electron chi connectivity index (χ4n) is 3.60. The van der Waals surface area contributed by atoms with E-state index in [1.807, 2.05) is 60.9 Å². The van der Waals surface area contributed by atoms with Gasteiger partial charge in [0.2, 0.25) is 5.95 Å². The predicted octanol–water partition coefficient (Wildman–Crippen LogP) is 2.38. The zero-order valence-electron chi connectivity index (χ0n) is 17.4. The number of anilines is 1. The maximum atomic E-state index is 13.3. The lowest BCUT2D eigenvalue weighted by Crippen LogP contribution is -2.39. The van der Waals surface area contributed by atoms with Crippen molar-refractivity contribution >= 4 is 28.9 Å². The van der Waals surface area contributed by atoms with E-state index >= 15 is 0 Å². The lowest BCUT2D eigenvalue weighted by molar-refractivity contribution is 0.664. The van der Waals surface area contributed by atoms with Gasteiger partial charge in [-0.3, -0.25) is 18.5 Å². The van der Waals surface area contributed by atoms with Gasteiger partial charge in [0.1, 0.15) is 0 Å². The van der Waals surface area contributed by atoms with Crippen molar-refractivity contribution in [3.8, 4) is 0 Å². The molecular weight excluding hydrogens is 380 g/mol. The normalized spacial score (nSPS) is 13.7. The van der Waals surface area contributed by atoms with Crippen molar-refractivity contribution in [1.82, 2.24) is 18.7 Å². The fourth-order valence-corrected chi connectivity index (χ4v) is 3.60. The van der Waals surface area contributed by atoms with Crippen LogP contribution in [-0.4, -0.2) is 30.9 Å². The Labute approximate surface area is 173 Å². The number of imidazole rings is 1. The van der Waals surface area contributed by atoms with Gasteiger partial charge in [0.25, 0.3) is 5.56 Å². The third-order valence-corrected chi connectivity index (χ3v) is 4.94. The maximum absolute atomic E-state index is 13.3. The van der Waals surface area contributed by atoms with Crippen LogP contribution in [-0.2, 0) is 20.1 Å². The van der Waals surface area contributed by atoms with Crippen molar-refractivity contribution in [3.63, 3.8) is 0 Å². The van der Waals surface area contributed by atoms with Crippen molar-refractivity contribution in [3.05, 3.63) is 75.0 Å². The number of hydrogen-bond acceptors (Lipinski definition) is 5. The number of hydrazone groups is 1. The monoisotopic (exact) mass is 404 g/mol. The van der Waals surface area contributed by atoms with Crippen LogP contribution in [0.5, 0.6) is 0 Å². The van der Waals surface area contributed by atoms with Crippen molar-refractivity contribution in [2.45, 2.75) is 26.9 Å². The number of nitrogens with zero attached hydrogens (tertiary/aromatic N) is 6. The van der Waals surface area contributed by atoms with Crippen molar-refractivity contribution in [2.75, 3.05) is 11.6 Å². The molecule has 154 valence electrons. The van der Waals surface area contributed by atoms with Crippen LogP contribution < -0.4 is 16.3 Å². The smallest absolute Gasteiger partial charge is 0.297 e. The van der Waals surface area contributed by atoms with E-state index in [2.05, 4.69) is 16.7 Å². The first-order valence-corrected chi connectivity index (χ1v) is 9.74. The summed E-state index contributed by atoms with van der Waals surface area (Å²) in [6, 6.07) is 9.75. The molecule has 0 saturated carbocycles. The molecule has 8 heteroatoms. The van der Waals surface area contributed by atoms with Crippen LogP contribution in [0.1, 0.15) is 19.4 Å². The summed E-state index contributed by atoms with van der Waals surface area (Å²) in [7, 11) is 1.64. The third kappa shape index (κ3) is 3.41. The topological polar surface area (TPSA) is 77.4 Å². The minimum absolute atomic E-state index is 0.180. The van der Waals surface area contributed by atoms with Crippen LogP contribution in [0.25, 0.3) is 17.2 Å². The third-order valence-electron chi connectivity index (χ3n) is 4.94. The second kappa shape index (κ2) is 7.62.